The second-order valence-electron chi connectivity index (χ2n) is 9.88. The maximum Gasteiger partial charge on any atom is 0.240 e. The fourth-order valence-electron chi connectivity index (χ4n) is 5.09. The number of fused-ring (bicyclic) bond motifs is 3. The molecule has 0 radical (unpaired) electrons. The Morgan fingerprint density at radius 2 is 1.72 bits per heavy atom. The Morgan fingerprint density at radius 3 is 2.55 bits per heavy atom. The van der Waals surface area contributed by atoms with Gasteiger partial charge in [-0.15, -0.1) is 0 Å². The number of nitrogens with one attached hydrogen (secondary N) is 2. The topological polar surface area (TPSA) is 44.4 Å². The van der Waals surface area contributed by atoms with E-state index in [-0.39, 0.29) is 16.9 Å². The summed E-state index contributed by atoms with van der Waals surface area (Å²) in [5, 5.41) is 6.80. The van der Waals surface area contributed by atoms with Crippen molar-refractivity contribution in [3.05, 3.63) is 59.2 Å². The lowest BCUT2D eigenvalue weighted by atomic mass is 9.86. The van der Waals surface area contributed by atoms with Crippen LogP contribution < -0.4 is 10.6 Å². The fourth-order valence-corrected chi connectivity index (χ4v) is 5.09. The number of benzene rings is 2. The van der Waals surface area contributed by atoms with Crippen LogP contribution in [0.4, 0.5) is 0 Å². The Morgan fingerprint density at radius 1 is 0.966 bits per heavy atom. The fraction of sp³-hybridized carbons (Fsp3) is 0.480. The van der Waals surface area contributed by atoms with Gasteiger partial charge in [0, 0.05) is 32.7 Å². The van der Waals surface area contributed by atoms with Crippen molar-refractivity contribution in [1.82, 2.24) is 15.5 Å². The molecule has 4 heteroatoms. The van der Waals surface area contributed by atoms with Crippen molar-refractivity contribution in [2.75, 3.05) is 26.2 Å². The first-order valence-corrected chi connectivity index (χ1v) is 10.9. The van der Waals surface area contributed by atoms with Crippen molar-refractivity contribution in [2.24, 2.45) is 5.41 Å². The number of hydrogen-bond acceptors (Lipinski definition) is 3. The summed E-state index contributed by atoms with van der Waals surface area (Å²) in [4.78, 5) is 15.3. The molecule has 0 unspecified atom stereocenters. The molecule has 5 rings (SSSR count). The molecule has 0 aromatic heterocycles. The zero-order valence-electron chi connectivity index (χ0n) is 17.6. The van der Waals surface area contributed by atoms with Gasteiger partial charge in [0.2, 0.25) is 5.91 Å². The van der Waals surface area contributed by atoms with Crippen LogP contribution in [0.15, 0.2) is 42.5 Å². The molecule has 2 aromatic carbocycles. The van der Waals surface area contributed by atoms with E-state index < -0.39 is 0 Å². The molecule has 2 heterocycles. The van der Waals surface area contributed by atoms with E-state index in [1.54, 1.807) is 0 Å². The molecule has 0 atom stereocenters. The maximum atomic E-state index is 12.8. The first-order valence-electron chi connectivity index (χ1n) is 10.9. The van der Waals surface area contributed by atoms with Gasteiger partial charge in [-0.1, -0.05) is 56.3 Å². The van der Waals surface area contributed by atoms with Gasteiger partial charge in [0.1, 0.15) is 5.54 Å². The minimum absolute atomic E-state index is 0.109. The number of likely N-dealkylation sites (tertiary alicyclic amines) is 1. The molecule has 3 aliphatic rings. The molecule has 1 spiro atoms. The maximum absolute atomic E-state index is 12.8. The highest BCUT2D eigenvalue weighted by Gasteiger charge is 2.44. The van der Waals surface area contributed by atoms with Crippen molar-refractivity contribution in [2.45, 2.75) is 45.2 Å². The molecular weight excluding hydrogens is 358 g/mol. The monoisotopic (exact) mass is 389 g/mol. The lowest BCUT2D eigenvalue weighted by Crippen LogP contribution is -2.60. The quantitative estimate of drug-likeness (QED) is 0.707. The highest BCUT2D eigenvalue weighted by Crippen LogP contribution is 2.37. The summed E-state index contributed by atoms with van der Waals surface area (Å²) in [6, 6.07) is 15.7. The van der Waals surface area contributed by atoms with Gasteiger partial charge >= 0.3 is 0 Å². The predicted molar refractivity (Wildman–Crippen MR) is 117 cm³/mol. The second kappa shape index (κ2) is 6.96. The van der Waals surface area contributed by atoms with Gasteiger partial charge in [0.05, 0.1) is 0 Å². The lowest BCUT2D eigenvalue weighted by molar-refractivity contribution is -0.129. The van der Waals surface area contributed by atoms with Crippen LogP contribution in [0.25, 0.3) is 11.1 Å². The van der Waals surface area contributed by atoms with Gasteiger partial charge in [0.25, 0.3) is 0 Å². The molecule has 1 aliphatic carbocycles. The van der Waals surface area contributed by atoms with E-state index in [9.17, 15) is 4.79 Å². The van der Waals surface area contributed by atoms with Crippen LogP contribution in [0, 0.1) is 5.41 Å². The molecule has 2 N–H and O–H groups in total. The molecular formula is C25H31N3O. The summed E-state index contributed by atoms with van der Waals surface area (Å²) in [7, 11) is 0. The van der Waals surface area contributed by atoms with Crippen LogP contribution in [0.1, 0.15) is 43.4 Å². The number of rotatable bonds is 2. The van der Waals surface area contributed by atoms with Crippen LogP contribution in [0.3, 0.4) is 0 Å². The van der Waals surface area contributed by atoms with Crippen molar-refractivity contribution < 1.29 is 4.79 Å². The normalized spacial score (nSPS) is 22.6. The van der Waals surface area contributed by atoms with E-state index in [0.717, 1.165) is 52.0 Å². The van der Waals surface area contributed by atoms with Gasteiger partial charge < -0.3 is 10.6 Å². The predicted octanol–water partition coefficient (Wildman–Crippen LogP) is 3.34. The van der Waals surface area contributed by atoms with Crippen molar-refractivity contribution >= 4 is 5.91 Å². The highest BCUT2D eigenvalue weighted by molar-refractivity contribution is 5.87. The summed E-state index contributed by atoms with van der Waals surface area (Å²) in [6.07, 6.45) is 2.80. The molecule has 0 saturated carbocycles. The summed E-state index contributed by atoms with van der Waals surface area (Å²) < 4.78 is 0. The number of piperidine rings is 1. The number of carbonyl (C=O) groups is 1. The third-order valence-electron chi connectivity index (χ3n) is 7.04. The molecule has 4 nitrogen and oxygen atoms in total. The van der Waals surface area contributed by atoms with E-state index >= 15 is 0 Å². The molecule has 2 aromatic rings. The number of nitrogens with zero attached hydrogens (tertiary/aromatic N) is 1. The molecule has 2 aliphatic heterocycles. The standard InChI is InChI=1S/C25H31N3O/c1-24(2)16-26-23(29)25(27-17-24)9-11-28(12-10-25)15-18-7-8-22-20(13-18)14-19-5-3-4-6-21(19)22/h3-8,13,27H,9-12,14-17H2,1-2H3,(H,26,29). The van der Waals surface area contributed by atoms with Crippen LogP contribution in [0.5, 0.6) is 0 Å². The van der Waals surface area contributed by atoms with Crippen molar-refractivity contribution in [3.8, 4) is 11.1 Å². The van der Waals surface area contributed by atoms with E-state index in [4.69, 9.17) is 0 Å². The third kappa shape index (κ3) is 3.49. The largest absolute Gasteiger partial charge is 0.354 e. The Labute approximate surface area is 173 Å². The van der Waals surface area contributed by atoms with Crippen LogP contribution in [-0.2, 0) is 17.8 Å². The SMILES string of the molecule is CC1(C)CNC(=O)C2(CCN(Cc3ccc4c(c3)Cc3ccccc3-4)CC2)NC1. The van der Waals surface area contributed by atoms with E-state index in [2.05, 4.69) is 71.8 Å². The van der Waals surface area contributed by atoms with Crippen LogP contribution in [0.2, 0.25) is 0 Å². The first kappa shape index (κ1) is 18.8. The van der Waals surface area contributed by atoms with Crippen LogP contribution >= 0.6 is 0 Å². The minimum Gasteiger partial charge on any atom is -0.354 e. The highest BCUT2D eigenvalue weighted by atomic mass is 16.2. The van der Waals surface area contributed by atoms with Gasteiger partial charge in [0.15, 0.2) is 0 Å². The summed E-state index contributed by atoms with van der Waals surface area (Å²) in [5.74, 6) is 0.193. The summed E-state index contributed by atoms with van der Waals surface area (Å²) in [5.41, 5.74) is 6.78. The Bertz CT molecular complexity index is 941. The minimum atomic E-state index is -0.385. The average molecular weight is 390 g/mol. The zero-order valence-corrected chi connectivity index (χ0v) is 17.6. The van der Waals surface area contributed by atoms with Gasteiger partial charge in [-0.3, -0.25) is 9.69 Å². The molecule has 2 fully saturated rings. The zero-order chi connectivity index (χ0) is 20.1. The van der Waals surface area contributed by atoms with E-state index in [1.807, 2.05) is 0 Å². The Balaban J connectivity index is 1.25. The number of hydrogen-bond donors (Lipinski definition) is 2. The number of carbonyl (C=O) groups excluding carboxylic acids is 1. The average Bonchev–Trinajstić information content (AvgIpc) is 3.04. The molecule has 29 heavy (non-hydrogen) atoms. The third-order valence-corrected chi connectivity index (χ3v) is 7.04. The van der Waals surface area contributed by atoms with Crippen molar-refractivity contribution in [1.29, 1.82) is 0 Å². The summed E-state index contributed by atoms with van der Waals surface area (Å²) >= 11 is 0. The van der Waals surface area contributed by atoms with Crippen LogP contribution in [-0.4, -0.2) is 42.5 Å². The second-order valence-corrected chi connectivity index (χ2v) is 9.88. The van der Waals surface area contributed by atoms with Gasteiger partial charge in [-0.2, -0.15) is 0 Å². The van der Waals surface area contributed by atoms with E-state index in [1.165, 1.54) is 27.8 Å². The van der Waals surface area contributed by atoms with Crippen molar-refractivity contribution in [3.63, 3.8) is 0 Å². The first-order chi connectivity index (χ1) is 13.9. The van der Waals surface area contributed by atoms with Gasteiger partial charge in [-0.25, -0.2) is 0 Å². The number of amides is 1. The summed E-state index contributed by atoms with van der Waals surface area (Å²) in [6.45, 7) is 8.93. The van der Waals surface area contributed by atoms with Gasteiger partial charge in [-0.05, 0) is 52.5 Å². The Kier molecular flexibility index (Phi) is 4.52. The molecule has 0 bridgehead atoms. The Hall–Kier alpha value is -2.17. The molecule has 2 saturated heterocycles. The lowest BCUT2D eigenvalue weighted by Gasteiger charge is -2.40. The smallest absolute Gasteiger partial charge is 0.240 e. The van der Waals surface area contributed by atoms with E-state index in [0.29, 0.717) is 0 Å². The molecule has 152 valence electrons. The molecule has 1 amide bonds.